The van der Waals surface area contributed by atoms with Gasteiger partial charge in [-0.25, -0.2) is 0 Å². The largest absolute Gasteiger partial charge is 0.495 e. The summed E-state index contributed by atoms with van der Waals surface area (Å²) in [6, 6.07) is 11.6. The molecule has 8 heteroatoms. The second-order valence-electron chi connectivity index (χ2n) is 6.40. The number of anilines is 2. The molecule has 2 aromatic carbocycles. The number of benzene rings is 2. The van der Waals surface area contributed by atoms with E-state index in [0.29, 0.717) is 34.5 Å². The van der Waals surface area contributed by atoms with Gasteiger partial charge in [-0.1, -0.05) is 23.7 Å². The normalized spacial score (nSPS) is 11.7. The van der Waals surface area contributed by atoms with E-state index >= 15 is 0 Å². The Morgan fingerprint density at radius 3 is 2.52 bits per heavy atom. The molecule has 0 spiro atoms. The van der Waals surface area contributed by atoms with E-state index in [9.17, 15) is 9.59 Å². The number of nitrogens with zero attached hydrogens (tertiary/aromatic N) is 1. The fourth-order valence-corrected chi connectivity index (χ4v) is 2.79. The lowest BCUT2D eigenvalue weighted by atomic mass is 10.2. The number of amides is 2. The van der Waals surface area contributed by atoms with Gasteiger partial charge >= 0.3 is 0 Å². The molecule has 0 saturated carbocycles. The highest BCUT2D eigenvalue weighted by Gasteiger charge is 2.21. The first-order valence-electron chi connectivity index (χ1n) is 9.22. The van der Waals surface area contributed by atoms with Crippen LogP contribution in [0.3, 0.4) is 0 Å². The minimum absolute atomic E-state index is 0.0113. The van der Waals surface area contributed by atoms with E-state index in [1.807, 2.05) is 19.1 Å². The Morgan fingerprint density at radius 1 is 1.10 bits per heavy atom. The van der Waals surface area contributed by atoms with Crippen molar-refractivity contribution in [1.29, 1.82) is 0 Å². The number of rotatable bonds is 9. The first kappa shape index (κ1) is 22.5. The van der Waals surface area contributed by atoms with Crippen LogP contribution in [0.1, 0.15) is 13.8 Å². The van der Waals surface area contributed by atoms with Gasteiger partial charge in [0.15, 0.2) is 0 Å². The summed E-state index contributed by atoms with van der Waals surface area (Å²) in [4.78, 5) is 26.7. The molecule has 1 atom stereocenters. The standard InChI is InChI=1S/C21H26ClN3O4/c1-5-29-19-9-7-6-8-16(19)24-21(27)14(2)25(3)13-20(26)23-17-12-15(22)10-11-18(17)28-4/h6-12,14H,5,13H2,1-4H3,(H,23,26)(H,24,27). The predicted octanol–water partition coefficient (Wildman–Crippen LogP) is 3.64. The zero-order chi connectivity index (χ0) is 21.4. The molecule has 156 valence electrons. The van der Waals surface area contributed by atoms with Crippen molar-refractivity contribution in [1.82, 2.24) is 4.90 Å². The summed E-state index contributed by atoms with van der Waals surface area (Å²) >= 11 is 5.99. The summed E-state index contributed by atoms with van der Waals surface area (Å²) < 4.78 is 10.8. The lowest BCUT2D eigenvalue weighted by molar-refractivity contribution is -0.122. The average molecular weight is 420 g/mol. The maximum atomic E-state index is 12.6. The minimum Gasteiger partial charge on any atom is -0.495 e. The fraction of sp³-hybridized carbons (Fsp3) is 0.333. The summed E-state index contributed by atoms with van der Waals surface area (Å²) in [7, 11) is 3.21. The predicted molar refractivity (Wildman–Crippen MR) is 115 cm³/mol. The molecule has 1 unspecified atom stereocenters. The van der Waals surface area contributed by atoms with E-state index in [-0.39, 0.29) is 18.4 Å². The Labute approximate surface area is 175 Å². The number of nitrogens with one attached hydrogen (secondary N) is 2. The maximum Gasteiger partial charge on any atom is 0.241 e. The van der Waals surface area contributed by atoms with E-state index in [1.165, 1.54) is 7.11 Å². The molecule has 0 aliphatic carbocycles. The third-order valence-corrected chi connectivity index (χ3v) is 4.55. The molecule has 0 fully saturated rings. The van der Waals surface area contributed by atoms with Gasteiger partial charge in [-0.3, -0.25) is 14.5 Å². The van der Waals surface area contributed by atoms with Gasteiger partial charge in [0.1, 0.15) is 11.5 Å². The van der Waals surface area contributed by atoms with E-state index < -0.39 is 6.04 Å². The van der Waals surface area contributed by atoms with Gasteiger partial charge in [-0.2, -0.15) is 0 Å². The Hall–Kier alpha value is -2.77. The molecule has 0 bridgehead atoms. The topological polar surface area (TPSA) is 79.9 Å². The number of carbonyl (C=O) groups is 2. The van der Waals surface area contributed by atoms with Crippen LogP contribution in [0.25, 0.3) is 0 Å². The Balaban J connectivity index is 1.98. The number of hydrogen-bond donors (Lipinski definition) is 2. The fourth-order valence-electron chi connectivity index (χ4n) is 2.62. The van der Waals surface area contributed by atoms with Gasteiger partial charge < -0.3 is 20.1 Å². The average Bonchev–Trinajstić information content (AvgIpc) is 2.69. The first-order valence-corrected chi connectivity index (χ1v) is 9.59. The molecule has 7 nitrogen and oxygen atoms in total. The van der Waals surface area contributed by atoms with Crippen molar-refractivity contribution < 1.29 is 19.1 Å². The van der Waals surface area contributed by atoms with Crippen LogP contribution in [-0.2, 0) is 9.59 Å². The van der Waals surface area contributed by atoms with E-state index in [1.54, 1.807) is 49.2 Å². The highest BCUT2D eigenvalue weighted by molar-refractivity contribution is 6.31. The van der Waals surface area contributed by atoms with Crippen molar-refractivity contribution in [3.8, 4) is 11.5 Å². The zero-order valence-electron chi connectivity index (χ0n) is 17.0. The molecular weight excluding hydrogens is 394 g/mol. The molecular formula is C21H26ClN3O4. The third-order valence-electron chi connectivity index (χ3n) is 4.31. The summed E-state index contributed by atoms with van der Waals surface area (Å²) in [5.74, 6) is 0.572. The van der Waals surface area contributed by atoms with Crippen molar-refractivity contribution in [2.75, 3.05) is 37.9 Å². The van der Waals surface area contributed by atoms with Crippen LogP contribution in [0, 0.1) is 0 Å². The summed E-state index contributed by atoms with van der Waals surface area (Å²) in [5.41, 5.74) is 1.06. The van der Waals surface area contributed by atoms with E-state index in [2.05, 4.69) is 10.6 Å². The monoisotopic (exact) mass is 419 g/mol. The molecule has 2 aromatic rings. The summed E-state index contributed by atoms with van der Waals surface area (Å²) in [5, 5.41) is 6.09. The van der Waals surface area contributed by atoms with Crippen molar-refractivity contribution in [3.63, 3.8) is 0 Å². The molecule has 0 saturated heterocycles. The first-order chi connectivity index (χ1) is 13.8. The van der Waals surface area contributed by atoms with Gasteiger partial charge in [0.2, 0.25) is 11.8 Å². The lowest BCUT2D eigenvalue weighted by Gasteiger charge is -2.24. The summed E-state index contributed by atoms with van der Waals surface area (Å²) in [6.45, 7) is 4.11. The molecule has 2 amide bonds. The van der Waals surface area contributed by atoms with Crippen molar-refractivity contribution in [2.24, 2.45) is 0 Å². The van der Waals surface area contributed by atoms with Crippen molar-refractivity contribution in [2.45, 2.75) is 19.9 Å². The van der Waals surface area contributed by atoms with Crippen LogP contribution in [0.4, 0.5) is 11.4 Å². The van der Waals surface area contributed by atoms with Gasteiger partial charge in [0.25, 0.3) is 0 Å². The number of carbonyl (C=O) groups excluding carboxylic acids is 2. The van der Waals surface area contributed by atoms with E-state index in [4.69, 9.17) is 21.1 Å². The number of hydrogen-bond acceptors (Lipinski definition) is 5. The van der Waals surface area contributed by atoms with Gasteiger partial charge in [0, 0.05) is 5.02 Å². The molecule has 2 rings (SSSR count). The SMILES string of the molecule is CCOc1ccccc1NC(=O)C(C)N(C)CC(=O)Nc1cc(Cl)ccc1OC. The second-order valence-corrected chi connectivity index (χ2v) is 6.84. The molecule has 2 N–H and O–H groups in total. The molecule has 0 aliphatic heterocycles. The minimum atomic E-state index is -0.545. The number of methoxy groups -OCH3 is 1. The van der Waals surface area contributed by atoms with Crippen LogP contribution in [0.2, 0.25) is 5.02 Å². The zero-order valence-corrected chi connectivity index (χ0v) is 17.7. The maximum absolute atomic E-state index is 12.6. The van der Waals surface area contributed by atoms with Crippen LogP contribution < -0.4 is 20.1 Å². The van der Waals surface area contributed by atoms with Gasteiger partial charge in [-0.15, -0.1) is 0 Å². The summed E-state index contributed by atoms with van der Waals surface area (Å²) in [6.07, 6.45) is 0. The van der Waals surface area contributed by atoms with Crippen LogP contribution >= 0.6 is 11.6 Å². The van der Waals surface area contributed by atoms with Crippen LogP contribution in [0.15, 0.2) is 42.5 Å². The van der Waals surface area contributed by atoms with E-state index in [0.717, 1.165) is 0 Å². The Bertz CT molecular complexity index is 860. The number of halogens is 1. The van der Waals surface area contributed by atoms with Crippen molar-refractivity contribution in [3.05, 3.63) is 47.5 Å². The smallest absolute Gasteiger partial charge is 0.241 e. The highest BCUT2D eigenvalue weighted by atomic mass is 35.5. The van der Waals surface area contributed by atoms with Gasteiger partial charge in [0.05, 0.1) is 37.7 Å². The number of likely N-dealkylation sites (N-methyl/N-ethyl adjacent to an activating group) is 1. The molecule has 0 aromatic heterocycles. The van der Waals surface area contributed by atoms with Crippen molar-refractivity contribution >= 4 is 34.8 Å². The third kappa shape index (κ3) is 6.37. The Kier molecular flexibility index (Phi) is 8.30. The number of ether oxygens (including phenoxy) is 2. The van der Waals surface area contributed by atoms with Crippen LogP contribution in [-0.4, -0.2) is 50.1 Å². The molecule has 0 aliphatic rings. The molecule has 0 heterocycles. The lowest BCUT2D eigenvalue weighted by Crippen LogP contribution is -2.43. The van der Waals surface area contributed by atoms with Crippen LogP contribution in [0.5, 0.6) is 11.5 Å². The molecule has 0 radical (unpaired) electrons. The highest BCUT2D eigenvalue weighted by Crippen LogP contribution is 2.27. The quantitative estimate of drug-likeness (QED) is 0.648. The number of para-hydroxylation sites is 2. The Morgan fingerprint density at radius 2 is 1.83 bits per heavy atom. The van der Waals surface area contributed by atoms with Gasteiger partial charge in [-0.05, 0) is 51.2 Å². The molecule has 29 heavy (non-hydrogen) atoms. The second kappa shape index (κ2) is 10.7.